The van der Waals surface area contributed by atoms with E-state index >= 15 is 0 Å². The lowest BCUT2D eigenvalue weighted by Gasteiger charge is -2.23. The van der Waals surface area contributed by atoms with Crippen LogP contribution in [0, 0.1) is 0 Å². The Hall–Kier alpha value is -0.160. The minimum atomic E-state index is 0.383. The standard InChI is InChI=1S/2C10H21NO/c1-9(2)12-8-6-10-5-4-7-11(10)3;1-9(2)12-8-6-10-5-3-4-7-11-10/h9-10H,4-8H2,1-3H3;9-11H,3-8H2,1-2H3. The van der Waals surface area contributed by atoms with Crippen molar-refractivity contribution >= 4 is 0 Å². The molecule has 0 amide bonds. The third kappa shape index (κ3) is 10.7. The summed E-state index contributed by atoms with van der Waals surface area (Å²) in [5, 5.41) is 3.51. The summed E-state index contributed by atoms with van der Waals surface area (Å²) in [6.07, 6.45) is 9.95. The van der Waals surface area contributed by atoms with Crippen LogP contribution in [-0.4, -0.2) is 62.5 Å². The minimum absolute atomic E-state index is 0.383. The van der Waals surface area contributed by atoms with Crippen LogP contribution in [0.15, 0.2) is 0 Å². The maximum absolute atomic E-state index is 5.53. The van der Waals surface area contributed by atoms with Crippen LogP contribution >= 0.6 is 0 Å². The van der Waals surface area contributed by atoms with E-state index in [9.17, 15) is 0 Å². The molecule has 1 N–H and O–H groups in total. The number of nitrogens with one attached hydrogen (secondary N) is 1. The van der Waals surface area contributed by atoms with E-state index < -0.39 is 0 Å². The van der Waals surface area contributed by atoms with E-state index in [2.05, 4.69) is 45.0 Å². The molecule has 144 valence electrons. The number of hydrogen-bond acceptors (Lipinski definition) is 4. The summed E-state index contributed by atoms with van der Waals surface area (Å²) < 4.78 is 11.0. The fourth-order valence-corrected chi connectivity index (χ4v) is 3.40. The molecule has 0 saturated carbocycles. The van der Waals surface area contributed by atoms with Gasteiger partial charge in [0.1, 0.15) is 0 Å². The molecule has 0 aliphatic carbocycles. The molecule has 2 saturated heterocycles. The van der Waals surface area contributed by atoms with Gasteiger partial charge in [0.2, 0.25) is 0 Å². The molecule has 2 aliphatic rings. The highest BCUT2D eigenvalue weighted by Crippen LogP contribution is 2.17. The Balaban J connectivity index is 0.000000240. The van der Waals surface area contributed by atoms with Gasteiger partial charge in [0.15, 0.2) is 0 Å². The SMILES string of the molecule is CC(C)OCCC1CCCCN1.CC(C)OCCC1CCCN1C. The minimum Gasteiger partial charge on any atom is -0.379 e. The van der Waals surface area contributed by atoms with Gasteiger partial charge in [-0.2, -0.15) is 0 Å². The van der Waals surface area contributed by atoms with Crippen molar-refractivity contribution in [2.24, 2.45) is 0 Å². The van der Waals surface area contributed by atoms with Gasteiger partial charge in [0.05, 0.1) is 12.2 Å². The van der Waals surface area contributed by atoms with Gasteiger partial charge in [-0.1, -0.05) is 6.42 Å². The summed E-state index contributed by atoms with van der Waals surface area (Å²) in [5.41, 5.74) is 0. The third-order valence-electron chi connectivity index (χ3n) is 4.90. The summed E-state index contributed by atoms with van der Waals surface area (Å²) in [5.74, 6) is 0. The maximum Gasteiger partial charge on any atom is 0.0518 e. The van der Waals surface area contributed by atoms with E-state index in [-0.39, 0.29) is 0 Å². The van der Waals surface area contributed by atoms with Crippen LogP contribution in [0.4, 0.5) is 0 Å². The van der Waals surface area contributed by atoms with Gasteiger partial charge in [-0.15, -0.1) is 0 Å². The second-order valence-electron chi connectivity index (χ2n) is 7.84. The summed E-state index contributed by atoms with van der Waals surface area (Å²) in [6, 6.07) is 1.50. The number of piperidine rings is 1. The molecule has 2 atom stereocenters. The number of hydrogen-bond donors (Lipinski definition) is 1. The van der Waals surface area contributed by atoms with Crippen LogP contribution in [0.2, 0.25) is 0 Å². The van der Waals surface area contributed by atoms with Gasteiger partial charge >= 0.3 is 0 Å². The van der Waals surface area contributed by atoms with Crippen molar-refractivity contribution < 1.29 is 9.47 Å². The first kappa shape index (κ1) is 21.9. The second kappa shape index (κ2) is 13.1. The molecule has 0 aromatic rings. The maximum atomic E-state index is 5.53. The molecule has 0 aromatic heterocycles. The van der Waals surface area contributed by atoms with E-state index in [0.717, 1.165) is 25.3 Å². The van der Waals surface area contributed by atoms with E-state index in [1.165, 1.54) is 58.0 Å². The van der Waals surface area contributed by atoms with Crippen molar-refractivity contribution in [3.8, 4) is 0 Å². The third-order valence-corrected chi connectivity index (χ3v) is 4.90. The zero-order chi connectivity index (χ0) is 17.8. The molecule has 2 heterocycles. The zero-order valence-electron chi connectivity index (χ0n) is 16.9. The van der Waals surface area contributed by atoms with E-state index in [4.69, 9.17) is 9.47 Å². The molecular formula is C20H42N2O2. The van der Waals surface area contributed by atoms with Crippen molar-refractivity contribution in [3.05, 3.63) is 0 Å². The molecular weight excluding hydrogens is 300 g/mol. The Morgan fingerprint density at radius 3 is 2.08 bits per heavy atom. The lowest BCUT2D eigenvalue weighted by atomic mass is 10.0. The summed E-state index contributed by atoms with van der Waals surface area (Å²) in [4.78, 5) is 2.45. The van der Waals surface area contributed by atoms with E-state index in [1.54, 1.807) is 0 Å². The lowest BCUT2D eigenvalue weighted by molar-refractivity contribution is 0.0652. The van der Waals surface area contributed by atoms with Crippen LogP contribution in [0.3, 0.4) is 0 Å². The van der Waals surface area contributed by atoms with E-state index in [0.29, 0.717) is 12.2 Å². The van der Waals surface area contributed by atoms with Gasteiger partial charge in [-0.3, -0.25) is 0 Å². The monoisotopic (exact) mass is 342 g/mol. The summed E-state index contributed by atoms with van der Waals surface area (Å²) in [6.45, 7) is 12.7. The van der Waals surface area contributed by atoms with Crippen molar-refractivity contribution in [2.45, 2.75) is 96.9 Å². The van der Waals surface area contributed by atoms with Crippen molar-refractivity contribution in [1.82, 2.24) is 10.2 Å². The summed E-state index contributed by atoms with van der Waals surface area (Å²) in [7, 11) is 2.22. The normalized spacial score (nSPS) is 25.1. The second-order valence-corrected chi connectivity index (χ2v) is 7.84. The van der Waals surface area contributed by atoms with Crippen LogP contribution in [-0.2, 0) is 9.47 Å². The Bertz CT molecular complexity index is 291. The molecule has 0 aromatic carbocycles. The molecule has 2 aliphatic heterocycles. The van der Waals surface area contributed by atoms with Crippen LogP contribution in [0.1, 0.15) is 72.6 Å². The molecule has 4 heteroatoms. The molecule has 0 bridgehead atoms. The van der Waals surface area contributed by atoms with Crippen molar-refractivity contribution in [1.29, 1.82) is 0 Å². The van der Waals surface area contributed by atoms with Gasteiger partial charge in [-0.25, -0.2) is 0 Å². The number of likely N-dealkylation sites (tertiary alicyclic amines) is 1. The Morgan fingerprint density at radius 2 is 1.58 bits per heavy atom. The molecule has 24 heavy (non-hydrogen) atoms. The largest absolute Gasteiger partial charge is 0.379 e. The Kier molecular flexibility index (Phi) is 11.9. The quantitative estimate of drug-likeness (QED) is 0.727. The molecule has 0 spiro atoms. The first-order chi connectivity index (χ1) is 11.5. The van der Waals surface area contributed by atoms with Crippen LogP contribution in [0.25, 0.3) is 0 Å². The molecule has 2 unspecified atom stereocenters. The predicted molar refractivity (Wildman–Crippen MR) is 103 cm³/mol. The van der Waals surface area contributed by atoms with Crippen molar-refractivity contribution in [3.63, 3.8) is 0 Å². The van der Waals surface area contributed by atoms with Gasteiger partial charge in [0.25, 0.3) is 0 Å². The molecule has 0 radical (unpaired) electrons. The Morgan fingerprint density at radius 1 is 0.917 bits per heavy atom. The first-order valence-corrected chi connectivity index (χ1v) is 10.2. The smallest absolute Gasteiger partial charge is 0.0518 e. The number of ether oxygens (including phenoxy) is 2. The van der Waals surface area contributed by atoms with Gasteiger partial charge in [0, 0.05) is 25.3 Å². The fraction of sp³-hybridized carbons (Fsp3) is 1.00. The highest BCUT2D eigenvalue weighted by molar-refractivity contribution is 4.75. The lowest BCUT2D eigenvalue weighted by Crippen LogP contribution is -2.34. The molecule has 2 rings (SSSR count). The average Bonchev–Trinajstić information content (AvgIpc) is 2.94. The first-order valence-electron chi connectivity index (χ1n) is 10.2. The average molecular weight is 343 g/mol. The molecule has 2 fully saturated rings. The fourth-order valence-electron chi connectivity index (χ4n) is 3.40. The highest BCUT2D eigenvalue weighted by Gasteiger charge is 2.20. The highest BCUT2D eigenvalue weighted by atomic mass is 16.5. The summed E-state index contributed by atoms with van der Waals surface area (Å²) >= 11 is 0. The number of rotatable bonds is 8. The Labute approximate surface area is 150 Å². The van der Waals surface area contributed by atoms with Crippen molar-refractivity contribution in [2.75, 3.05) is 33.4 Å². The zero-order valence-corrected chi connectivity index (χ0v) is 16.9. The topological polar surface area (TPSA) is 33.7 Å². The van der Waals surface area contributed by atoms with Crippen LogP contribution < -0.4 is 5.32 Å². The van der Waals surface area contributed by atoms with Gasteiger partial charge < -0.3 is 19.7 Å². The van der Waals surface area contributed by atoms with Crippen LogP contribution in [0.5, 0.6) is 0 Å². The number of nitrogens with zero attached hydrogens (tertiary/aromatic N) is 1. The van der Waals surface area contributed by atoms with Gasteiger partial charge in [-0.05, 0) is 86.4 Å². The van der Waals surface area contributed by atoms with E-state index in [1.807, 2.05) is 0 Å². The predicted octanol–water partition coefficient (Wildman–Crippen LogP) is 3.84. The molecule has 4 nitrogen and oxygen atoms in total.